The smallest absolute Gasteiger partial charge is 0.164 e. The first-order valence-electron chi connectivity index (χ1n) is 26.2. The Balaban J connectivity index is 0.942. The molecule has 0 radical (unpaired) electrons. The third kappa shape index (κ3) is 7.55. The van der Waals surface area contributed by atoms with Gasteiger partial charge in [-0.05, 0) is 156 Å². The van der Waals surface area contributed by atoms with Gasteiger partial charge in [-0.3, -0.25) is 0 Å². The number of hydrogen-bond acceptors (Lipinski definition) is 5. The van der Waals surface area contributed by atoms with Crippen molar-refractivity contribution in [1.82, 2.24) is 28.7 Å². The number of para-hydroxylation sites is 2. The number of benzene rings is 11. The summed E-state index contributed by atoms with van der Waals surface area (Å²) in [5, 5.41) is 26.2. The molecule has 4 aromatic heterocycles. The molecule has 8 nitrogen and oxygen atoms in total. The molecule has 0 unspecified atom stereocenters. The zero-order chi connectivity index (χ0) is 52.6. The van der Waals surface area contributed by atoms with E-state index in [1.54, 1.807) is 24.3 Å². The van der Waals surface area contributed by atoms with Crippen LogP contribution in [0.2, 0.25) is 0 Å². The predicted molar refractivity (Wildman–Crippen MR) is 319 cm³/mol. The number of fused-ring (bicyclic) bond motifs is 9. The molecule has 8 heteroatoms. The Labute approximate surface area is 453 Å². The Bertz CT molecular complexity index is 4770. The molecule has 0 spiro atoms. The zero-order valence-electron chi connectivity index (χ0n) is 42.3. The fourth-order valence-corrected chi connectivity index (χ4v) is 11.6. The van der Waals surface area contributed by atoms with Gasteiger partial charge in [0.1, 0.15) is 0 Å². The van der Waals surface area contributed by atoms with Crippen LogP contribution < -0.4 is 0 Å². The van der Waals surface area contributed by atoms with E-state index in [1.807, 2.05) is 24.3 Å². The minimum atomic E-state index is 0.475. The van der Waals surface area contributed by atoms with Gasteiger partial charge >= 0.3 is 0 Å². The average Bonchev–Trinajstić information content (AvgIpc) is 4.11. The van der Waals surface area contributed by atoms with Gasteiger partial charge in [-0.1, -0.05) is 121 Å². The summed E-state index contributed by atoms with van der Waals surface area (Å²) in [6.07, 6.45) is 0. The molecule has 0 saturated heterocycles. The summed E-state index contributed by atoms with van der Waals surface area (Å²) in [5.41, 5.74) is 17.8. The van der Waals surface area contributed by atoms with Gasteiger partial charge in [-0.2, -0.15) is 10.5 Å². The predicted octanol–water partition coefficient (Wildman–Crippen LogP) is 17.2. The zero-order valence-corrected chi connectivity index (χ0v) is 42.3. The first-order valence-corrected chi connectivity index (χ1v) is 26.2. The van der Waals surface area contributed by atoms with Crippen LogP contribution in [0.15, 0.2) is 255 Å². The van der Waals surface area contributed by atoms with E-state index in [1.165, 1.54) is 43.8 Å². The van der Waals surface area contributed by atoms with Gasteiger partial charge in [-0.25, -0.2) is 15.0 Å². The van der Waals surface area contributed by atoms with Crippen molar-refractivity contribution in [2.75, 3.05) is 0 Å². The second kappa shape index (κ2) is 18.3. The van der Waals surface area contributed by atoms with Crippen molar-refractivity contribution in [3.63, 3.8) is 0 Å². The van der Waals surface area contributed by atoms with Gasteiger partial charge in [0.05, 0.1) is 56.4 Å². The van der Waals surface area contributed by atoms with Crippen molar-refractivity contribution in [1.29, 1.82) is 10.5 Å². The largest absolute Gasteiger partial charge is 0.309 e. The highest BCUT2D eigenvalue weighted by atomic mass is 15.0. The van der Waals surface area contributed by atoms with Crippen LogP contribution in [0.5, 0.6) is 0 Å². The minimum Gasteiger partial charge on any atom is -0.309 e. The van der Waals surface area contributed by atoms with Crippen molar-refractivity contribution < 1.29 is 0 Å². The van der Waals surface area contributed by atoms with Gasteiger partial charge < -0.3 is 13.7 Å². The van der Waals surface area contributed by atoms with Crippen LogP contribution in [0.4, 0.5) is 0 Å². The van der Waals surface area contributed by atoms with E-state index in [-0.39, 0.29) is 0 Å². The van der Waals surface area contributed by atoms with Crippen LogP contribution in [0.25, 0.3) is 139 Å². The molecular formula is C71H42N8. The third-order valence-corrected chi connectivity index (χ3v) is 15.4. The topological polar surface area (TPSA) is 101 Å². The molecule has 0 fully saturated rings. The first-order chi connectivity index (χ1) is 39.0. The highest BCUT2D eigenvalue weighted by Crippen LogP contribution is 2.41. The van der Waals surface area contributed by atoms with Gasteiger partial charge in [0.2, 0.25) is 0 Å². The molecule has 15 rings (SSSR count). The molecule has 366 valence electrons. The molecule has 0 N–H and O–H groups in total. The van der Waals surface area contributed by atoms with Crippen molar-refractivity contribution in [2.45, 2.75) is 0 Å². The maximum Gasteiger partial charge on any atom is 0.164 e. The van der Waals surface area contributed by atoms with E-state index in [4.69, 9.17) is 15.0 Å². The monoisotopic (exact) mass is 1010 g/mol. The lowest BCUT2D eigenvalue weighted by Crippen LogP contribution is -2.01. The van der Waals surface area contributed by atoms with E-state index in [9.17, 15) is 10.5 Å². The number of nitriles is 2. The fraction of sp³-hybridized carbons (Fsp3) is 0. The minimum absolute atomic E-state index is 0.475. The lowest BCUT2D eigenvalue weighted by Gasteiger charge is -2.13. The van der Waals surface area contributed by atoms with Crippen LogP contribution in [0, 0.1) is 22.7 Å². The number of aromatic nitrogens is 6. The van der Waals surface area contributed by atoms with Gasteiger partial charge in [0.25, 0.3) is 0 Å². The lowest BCUT2D eigenvalue weighted by molar-refractivity contribution is 1.07. The van der Waals surface area contributed by atoms with Crippen molar-refractivity contribution in [3.8, 4) is 85.6 Å². The number of rotatable bonds is 8. The summed E-state index contributed by atoms with van der Waals surface area (Å²) in [4.78, 5) is 15.0. The number of hydrogen-bond donors (Lipinski definition) is 0. The lowest BCUT2D eigenvalue weighted by atomic mass is 10.0. The van der Waals surface area contributed by atoms with E-state index >= 15 is 0 Å². The normalized spacial score (nSPS) is 11.5. The van der Waals surface area contributed by atoms with Crippen LogP contribution in [0.1, 0.15) is 11.1 Å². The average molecular weight is 1010 g/mol. The van der Waals surface area contributed by atoms with Crippen molar-refractivity contribution in [3.05, 3.63) is 266 Å². The van der Waals surface area contributed by atoms with Crippen LogP contribution in [0.3, 0.4) is 0 Å². The molecule has 0 saturated carbocycles. The van der Waals surface area contributed by atoms with E-state index in [2.05, 4.69) is 232 Å². The molecule has 0 atom stereocenters. The summed E-state index contributed by atoms with van der Waals surface area (Å²) in [7, 11) is 0. The highest BCUT2D eigenvalue weighted by molar-refractivity contribution is 6.14. The molecule has 0 aliphatic rings. The summed E-state index contributed by atoms with van der Waals surface area (Å²) in [6, 6.07) is 93.4. The van der Waals surface area contributed by atoms with Crippen LogP contribution >= 0.6 is 0 Å². The molecule has 4 heterocycles. The summed E-state index contributed by atoms with van der Waals surface area (Å²) in [6.45, 7) is 0. The third-order valence-electron chi connectivity index (χ3n) is 15.4. The Morgan fingerprint density at radius 2 is 0.570 bits per heavy atom. The molecule has 0 aliphatic carbocycles. The second-order valence-corrected chi connectivity index (χ2v) is 19.9. The first kappa shape index (κ1) is 45.2. The SMILES string of the molecule is N#Cc1ccc(-c2nc(-c3ccc(C#N)cc3)nc(-c3ccc(-n4c5cc(-n6c7ccccc7c7ccccc76)ccc5c5ccc(-n6c7ccc(-c8ccccc8)cc7c7cc(-c8ccccc8)ccc76)cc54)cc3)n2)cc1. The van der Waals surface area contributed by atoms with Crippen LogP contribution in [-0.4, -0.2) is 28.7 Å². The summed E-state index contributed by atoms with van der Waals surface area (Å²) >= 11 is 0. The molecule has 79 heavy (non-hydrogen) atoms. The van der Waals surface area contributed by atoms with Crippen molar-refractivity contribution in [2.24, 2.45) is 0 Å². The summed E-state index contributed by atoms with van der Waals surface area (Å²) < 4.78 is 7.19. The van der Waals surface area contributed by atoms with Gasteiger partial charge in [0.15, 0.2) is 17.5 Å². The van der Waals surface area contributed by atoms with Gasteiger partial charge in [0, 0.05) is 66.1 Å². The Morgan fingerprint density at radius 3 is 0.987 bits per heavy atom. The van der Waals surface area contributed by atoms with Crippen molar-refractivity contribution >= 4 is 65.4 Å². The quantitative estimate of drug-likeness (QED) is 0.151. The summed E-state index contributed by atoms with van der Waals surface area (Å²) in [5.74, 6) is 1.45. The Hall–Kier alpha value is -11.2. The Kier molecular flexibility index (Phi) is 10.5. The van der Waals surface area contributed by atoms with E-state index < -0.39 is 0 Å². The Morgan fingerprint density at radius 1 is 0.241 bits per heavy atom. The maximum atomic E-state index is 9.57. The molecule has 11 aromatic carbocycles. The highest BCUT2D eigenvalue weighted by Gasteiger charge is 2.21. The van der Waals surface area contributed by atoms with Gasteiger partial charge in [-0.15, -0.1) is 0 Å². The van der Waals surface area contributed by atoms with E-state index in [0.29, 0.717) is 28.6 Å². The standard InChI is InChI=1S/C71H42N8/c72-43-45-19-23-49(24-20-45)69-74-70(50-25-21-46(44-73)22-26-50)76-71(75-69)51-27-31-54(32-28-51)77-67-41-55(78-63-17-9-7-15-57(63)58-16-8-10-18-64(58)78)33-35-59(67)60-36-34-56(42-68(60)77)79-65-37-29-52(47-11-3-1-4-12-47)39-61(65)62-40-53(30-38-66(62)79)48-13-5-2-6-14-48/h1-42H. The molecule has 0 aliphatic heterocycles. The molecule has 15 aromatic rings. The fourth-order valence-electron chi connectivity index (χ4n) is 11.6. The maximum absolute atomic E-state index is 9.57. The molecule has 0 bridgehead atoms. The van der Waals surface area contributed by atoms with E-state index in [0.717, 1.165) is 77.6 Å². The molecule has 0 amide bonds. The second-order valence-electron chi connectivity index (χ2n) is 19.9. The van der Waals surface area contributed by atoms with Crippen LogP contribution in [-0.2, 0) is 0 Å². The molecular weight excluding hydrogens is 965 g/mol. The number of nitrogens with zero attached hydrogens (tertiary/aromatic N) is 8.